The Balaban J connectivity index is 1.91. The number of amides is 1. The van der Waals surface area contributed by atoms with Crippen LogP contribution in [-0.4, -0.2) is 39.7 Å². The largest absolute Gasteiger partial charge is 0.391 e. The summed E-state index contributed by atoms with van der Waals surface area (Å²) >= 11 is 0. The molecule has 1 aromatic rings. The van der Waals surface area contributed by atoms with Crippen molar-refractivity contribution in [3.8, 4) is 0 Å². The number of hydrogen-bond acceptors (Lipinski definition) is 5. The van der Waals surface area contributed by atoms with Gasteiger partial charge in [0.25, 0.3) is 5.91 Å². The van der Waals surface area contributed by atoms with Gasteiger partial charge in [-0.15, -0.1) is 0 Å². The van der Waals surface area contributed by atoms with E-state index >= 15 is 0 Å². The highest BCUT2D eigenvalue weighted by atomic mass is 16.3. The monoisotopic (exact) mass is 264 g/mol. The van der Waals surface area contributed by atoms with Gasteiger partial charge in [0.05, 0.1) is 6.10 Å². The second-order valence-electron chi connectivity index (χ2n) is 4.83. The standard InChI is InChI=1S/C13H20N4O2/c1-2-10(18)7-14-13(19)11-6-12(16-8-15-11)17-9-4-3-5-9/h6,8-10,18H,2-5,7H2,1H3,(H,14,19)(H,15,16,17)/t10-/m1/s1. The Labute approximate surface area is 112 Å². The van der Waals surface area contributed by atoms with E-state index in [2.05, 4.69) is 20.6 Å². The van der Waals surface area contributed by atoms with Crippen LogP contribution in [0.4, 0.5) is 5.82 Å². The molecule has 104 valence electrons. The Morgan fingerprint density at radius 2 is 2.32 bits per heavy atom. The molecule has 1 aromatic heterocycles. The molecular formula is C13H20N4O2. The summed E-state index contributed by atoms with van der Waals surface area (Å²) in [5.74, 6) is 0.396. The molecule has 0 aliphatic heterocycles. The summed E-state index contributed by atoms with van der Waals surface area (Å²) in [6.07, 6.45) is 5.01. The maximum Gasteiger partial charge on any atom is 0.270 e. The van der Waals surface area contributed by atoms with Crippen LogP contribution < -0.4 is 10.6 Å². The van der Waals surface area contributed by atoms with Gasteiger partial charge in [0.1, 0.15) is 17.8 Å². The van der Waals surface area contributed by atoms with Crippen molar-refractivity contribution in [1.82, 2.24) is 15.3 Å². The van der Waals surface area contributed by atoms with Gasteiger partial charge in [0.2, 0.25) is 0 Å². The molecule has 6 nitrogen and oxygen atoms in total. The lowest BCUT2D eigenvalue weighted by molar-refractivity contribution is 0.0909. The van der Waals surface area contributed by atoms with Crippen molar-refractivity contribution in [3.05, 3.63) is 18.1 Å². The zero-order chi connectivity index (χ0) is 13.7. The van der Waals surface area contributed by atoms with Crippen molar-refractivity contribution in [3.63, 3.8) is 0 Å². The molecule has 3 N–H and O–H groups in total. The Morgan fingerprint density at radius 1 is 1.53 bits per heavy atom. The van der Waals surface area contributed by atoms with Gasteiger partial charge in [-0.1, -0.05) is 6.92 Å². The minimum atomic E-state index is -0.515. The fraction of sp³-hybridized carbons (Fsp3) is 0.615. The molecule has 0 bridgehead atoms. The van der Waals surface area contributed by atoms with E-state index in [1.807, 2.05) is 6.92 Å². The van der Waals surface area contributed by atoms with Crippen molar-refractivity contribution < 1.29 is 9.90 Å². The molecule has 19 heavy (non-hydrogen) atoms. The molecule has 0 radical (unpaired) electrons. The summed E-state index contributed by atoms with van der Waals surface area (Å²) in [6, 6.07) is 2.11. The van der Waals surface area contributed by atoms with Crippen LogP contribution in [0, 0.1) is 0 Å². The molecule has 1 aliphatic rings. The molecule has 1 heterocycles. The van der Waals surface area contributed by atoms with E-state index in [0.29, 0.717) is 24.0 Å². The maximum atomic E-state index is 11.8. The van der Waals surface area contributed by atoms with Crippen LogP contribution in [0.5, 0.6) is 0 Å². The fourth-order valence-electron chi connectivity index (χ4n) is 1.77. The van der Waals surface area contributed by atoms with Crippen molar-refractivity contribution in [1.29, 1.82) is 0 Å². The van der Waals surface area contributed by atoms with Crippen LogP contribution in [0.25, 0.3) is 0 Å². The zero-order valence-electron chi connectivity index (χ0n) is 11.1. The lowest BCUT2D eigenvalue weighted by atomic mass is 9.93. The molecule has 2 rings (SSSR count). The Kier molecular flexibility index (Phi) is 4.68. The smallest absolute Gasteiger partial charge is 0.270 e. The summed E-state index contributed by atoms with van der Waals surface area (Å²) < 4.78 is 0. The van der Waals surface area contributed by atoms with Crippen LogP contribution in [0.1, 0.15) is 43.1 Å². The van der Waals surface area contributed by atoms with Crippen LogP contribution in [0.3, 0.4) is 0 Å². The molecule has 1 atom stereocenters. The number of nitrogens with zero attached hydrogens (tertiary/aromatic N) is 2. The number of rotatable bonds is 6. The van der Waals surface area contributed by atoms with E-state index in [4.69, 9.17) is 0 Å². The van der Waals surface area contributed by atoms with Crippen molar-refractivity contribution in [2.75, 3.05) is 11.9 Å². The molecule has 1 amide bonds. The van der Waals surface area contributed by atoms with E-state index in [-0.39, 0.29) is 12.5 Å². The quantitative estimate of drug-likeness (QED) is 0.712. The van der Waals surface area contributed by atoms with Gasteiger partial charge in [-0.2, -0.15) is 0 Å². The first-order valence-corrected chi connectivity index (χ1v) is 6.74. The average Bonchev–Trinajstić information content (AvgIpc) is 2.40. The number of nitrogens with one attached hydrogen (secondary N) is 2. The molecule has 0 saturated heterocycles. The van der Waals surface area contributed by atoms with Crippen molar-refractivity contribution in [2.45, 2.75) is 44.8 Å². The van der Waals surface area contributed by atoms with E-state index in [1.165, 1.54) is 12.7 Å². The van der Waals surface area contributed by atoms with Gasteiger partial charge in [-0.25, -0.2) is 9.97 Å². The number of aliphatic hydroxyl groups excluding tert-OH is 1. The first-order chi connectivity index (χ1) is 9.19. The predicted molar refractivity (Wildman–Crippen MR) is 71.9 cm³/mol. The zero-order valence-corrected chi connectivity index (χ0v) is 11.1. The topological polar surface area (TPSA) is 87.1 Å². The minimum Gasteiger partial charge on any atom is -0.391 e. The molecule has 0 unspecified atom stereocenters. The highest BCUT2D eigenvalue weighted by Gasteiger charge is 2.18. The SMILES string of the molecule is CC[C@@H](O)CNC(=O)c1cc(NC2CCC2)ncn1. The second kappa shape index (κ2) is 6.47. The maximum absolute atomic E-state index is 11.8. The lowest BCUT2D eigenvalue weighted by Gasteiger charge is -2.26. The van der Waals surface area contributed by atoms with E-state index in [0.717, 1.165) is 12.8 Å². The third kappa shape index (κ3) is 3.89. The Hall–Kier alpha value is -1.69. The van der Waals surface area contributed by atoms with Crippen molar-refractivity contribution >= 4 is 11.7 Å². The fourth-order valence-corrected chi connectivity index (χ4v) is 1.77. The third-order valence-corrected chi connectivity index (χ3v) is 3.33. The molecule has 6 heteroatoms. The van der Waals surface area contributed by atoms with E-state index in [9.17, 15) is 9.90 Å². The van der Waals surface area contributed by atoms with Gasteiger partial charge in [-0.3, -0.25) is 4.79 Å². The minimum absolute atomic E-state index is 0.241. The third-order valence-electron chi connectivity index (χ3n) is 3.33. The Morgan fingerprint density at radius 3 is 2.95 bits per heavy atom. The molecule has 1 aliphatic carbocycles. The van der Waals surface area contributed by atoms with Crippen LogP contribution >= 0.6 is 0 Å². The highest BCUT2D eigenvalue weighted by molar-refractivity contribution is 5.92. The molecule has 1 saturated carbocycles. The first-order valence-electron chi connectivity index (χ1n) is 6.74. The van der Waals surface area contributed by atoms with E-state index < -0.39 is 6.10 Å². The van der Waals surface area contributed by atoms with Gasteiger partial charge < -0.3 is 15.7 Å². The highest BCUT2D eigenvalue weighted by Crippen LogP contribution is 2.22. The molecular weight excluding hydrogens is 244 g/mol. The summed E-state index contributed by atoms with van der Waals surface area (Å²) in [7, 11) is 0. The second-order valence-corrected chi connectivity index (χ2v) is 4.83. The number of carbonyl (C=O) groups is 1. The Bertz CT molecular complexity index is 434. The predicted octanol–water partition coefficient (Wildman–Crippen LogP) is 0.942. The number of aliphatic hydroxyl groups is 1. The van der Waals surface area contributed by atoms with Gasteiger partial charge >= 0.3 is 0 Å². The number of aromatic nitrogens is 2. The van der Waals surface area contributed by atoms with Gasteiger partial charge in [0, 0.05) is 18.7 Å². The number of hydrogen-bond donors (Lipinski definition) is 3. The molecule has 0 aromatic carbocycles. The summed E-state index contributed by atoms with van der Waals surface area (Å²) in [5, 5.41) is 15.3. The summed E-state index contributed by atoms with van der Waals surface area (Å²) in [4.78, 5) is 19.9. The molecule has 0 spiro atoms. The van der Waals surface area contributed by atoms with Gasteiger partial charge in [-0.05, 0) is 25.7 Å². The normalized spacial score (nSPS) is 16.5. The summed E-state index contributed by atoms with van der Waals surface area (Å²) in [6.45, 7) is 2.10. The number of anilines is 1. The lowest BCUT2D eigenvalue weighted by Crippen LogP contribution is -2.32. The van der Waals surface area contributed by atoms with Crippen LogP contribution in [0.15, 0.2) is 12.4 Å². The summed E-state index contributed by atoms with van der Waals surface area (Å²) in [5.41, 5.74) is 0.320. The number of carbonyl (C=O) groups excluding carboxylic acids is 1. The van der Waals surface area contributed by atoms with E-state index in [1.54, 1.807) is 6.07 Å². The van der Waals surface area contributed by atoms with Crippen LogP contribution in [0.2, 0.25) is 0 Å². The average molecular weight is 264 g/mol. The van der Waals surface area contributed by atoms with Crippen LogP contribution in [-0.2, 0) is 0 Å². The first kappa shape index (κ1) is 13.7. The van der Waals surface area contributed by atoms with Gasteiger partial charge in [0.15, 0.2) is 0 Å². The molecule has 1 fully saturated rings. The van der Waals surface area contributed by atoms with Crippen molar-refractivity contribution in [2.24, 2.45) is 0 Å².